The lowest BCUT2D eigenvalue weighted by atomic mass is 10.1. The zero-order valence-corrected chi connectivity index (χ0v) is 13.2. The van der Waals surface area contributed by atoms with Gasteiger partial charge in [0, 0.05) is 20.1 Å². The van der Waals surface area contributed by atoms with E-state index in [0.717, 1.165) is 10.3 Å². The summed E-state index contributed by atoms with van der Waals surface area (Å²) in [7, 11) is 1.68. The Hall–Kier alpha value is -1.46. The van der Waals surface area contributed by atoms with Crippen LogP contribution in [0, 0.1) is 13.8 Å². The standard InChI is InChI=1S/C15H20N2O2S/c1-5-13(18)16-15-17(6-7-19-4)14-11(3)8-10(2)9-12(14)20-15/h8-9H,5-7H2,1-4H3. The molecule has 0 aliphatic rings. The molecule has 0 saturated carbocycles. The number of amides is 1. The minimum Gasteiger partial charge on any atom is -0.383 e. The van der Waals surface area contributed by atoms with Gasteiger partial charge in [-0.15, -0.1) is 0 Å². The van der Waals surface area contributed by atoms with Crippen molar-refractivity contribution in [3.05, 3.63) is 28.1 Å². The highest BCUT2D eigenvalue weighted by Gasteiger charge is 2.10. The molecule has 4 nitrogen and oxygen atoms in total. The number of thiazole rings is 1. The molecule has 5 heteroatoms. The van der Waals surface area contributed by atoms with Crippen LogP contribution >= 0.6 is 11.3 Å². The monoisotopic (exact) mass is 292 g/mol. The van der Waals surface area contributed by atoms with Gasteiger partial charge in [0.2, 0.25) is 5.91 Å². The van der Waals surface area contributed by atoms with Gasteiger partial charge in [0.05, 0.1) is 16.8 Å². The second kappa shape index (κ2) is 6.33. The number of hydrogen-bond donors (Lipinski definition) is 0. The maximum Gasteiger partial charge on any atom is 0.248 e. The lowest BCUT2D eigenvalue weighted by molar-refractivity contribution is -0.117. The van der Waals surface area contributed by atoms with E-state index >= 15 is 0 Å². The summed E-state index contributed by atoms with van der Waals surface area (Å²) in [5, 5.41) is 0. The van der Waals surface area contributed by atoms with Crippen molar-refractivity contribution >= 4 is 27.5 Å². The lowest BCUT2D eigenvalue weighted by Gasteiger charge is -2.07. The van der Waals surface area contributed by atoms with E-state index < -0.39 is 0 Å². The Morgan fingerprint density at radius 3 is 2.80 bits per heavy atom. The van der Waals surface area contributed by atoms with Gasteiger partial charge in [-0.1, -0.05) is 24.3 Å². The number of rotatable bonds is 4. The quantitative estimate of drug-likeness (QED) is 0.869. The van der Waals surface area contributed by atoms with Crippen LogP contribution in [0.1, 0.15) is 24.5 Å². The summed E-state index contributed by atoms with van der Waals surface area (Å²) < 4.78 is 8.43. The number of hydrogen-bond acceptors (Lipinski definition) is 3. The van der Waals surface area contributed by atoms with Crippen LogP contribution in [0.2, 0.25) is 0 Å². The van der Waals surface area contributed by atoms with Gasteiger partial charge in [-0.2, -0.15) is 4.99 Å². The van der Waals surface area contributed by atoms with Crippen molar-refractivity contribution in [1.82, 2.24) is 4.57 Å². The Balaban J connectivity index is 2.70. The number of aryl methyl sites for hydroxylation is 2. The van der Waals surface area contributed by atoms with Gasteiger partial charge < -0.3 is 9.30 Å². The molecule has 2 rings (SSSR count). The molecule has 2 aromatic rings. The van der Waals surface area contributed by atoms with Crippen LogP contribution in [-0.2, 0) is 16.1 Å². The van der Waals surface area contributed by atoms with E-state index in [9.17, 15) is 4.79 Å². The van der Waals surface area contributed by atoms with Crippen LogP contribution in [0.25, 0.3) is 10.2 Å². The molecule has 0 atom stereocenters. The van der Waals surface area contributed by atoms with Gasteiger partial charge in [0.1, 0.15) is 0 Å². The fraction of sp³-hybridized carbons (Fsp3) is 0.467. The van der Waals surface area contributed by atoms with Crippen LogP contribution in [0.5, 0.6) is 0 Å². The minimum atomic E-state index is -0.0860. The maximum atomic E-state index is 11.6. The summed E-state index contributed by atoms with van der Waals surface area (Å²) in [5.74, 6) is -0.0860. The fourth-order valence-corrected chi connectivity index (χ4v) is 3.50. The van der Waals surface area contributed by atoms with Crippen LogP contribution in [-0.4, -0.2) is 24.2 Å². The second-order valence-electron chi connectivity index (χ2n) is 4.82. The van der Waals surface area contributed by atoms with E-state index in [-0.39, 0.29) is 5.91 Å². The molecule has 0 fully saturated rings. The highest BCUT2D eigenvalue weighted by atomic mass is 32.1. The highest BCUT2D eigenvalue weighted by Crippen LogP contribution is 2.23. The maximum absolute atomic E-state index is 11.6. The molecule has 0 saturated heterocycles. The first-order chi connectivity index (χ1) is 9.56. The third-order valence-corrected chi connectivity index (χ3v) is 4.18. The average molecular weight is 292 g/mol. The number of aromatic nitrogens is 1. The summed E-state index contributed by atoms with van der Waals surface area (Å²) in [6.45, 7) is 7.31. The van der Waals surface area contributed by atoms with Crippen molar-refractivity contribution in [2.75, 3.05) is 13.7 Å². The molecule has 0 aliphatic heterocycles. The third-order valence-electron chi connectivity index (χ3n) is 3.15. The van der Waals surface area contributed by atoms with Crippen molar-refractivity contribution in [1.29, 1.82) is 0 Å². The summed E-state index contributed by atoms with van der Waals surface area (Å²) >= 11 is 1.57. The van der Waals surface area contributed by atoms with Crippen molar-refractivity contribution in [2.45, 2.75) is 33.7 Å². The van der Waals surface area contributed by atoms with E-state index in [1.54, 1.807) is 18.4 Å². The van der Waals surface area contributed by atoms with Crippen LogP contribution in [0.4, 0.5) is 0 Å². The zero-order chi connectivity index (χ0) is 14.7. The first-order valence-corrected chi connectivity index (χ1v) is 7.55. The molecule has 1 amide bonds. The number of carbonyl (C=O) groups is 1. The van der Waals surface area contributed by atoms with Gasteiger partial charge >= 0.3 is 0 Å². The van der Waals surface area contributed by atoms with E-state index in [2.05, 4.69) is 35.5 Å². The largest absolute Gasteiger partial charge is 0.383 e. The number of ether oxygens (including phenoxy) is 1. The van der Waals surface area contributed by atoms with Crippen LogP contribution in [0.3, 0.4) is 0 Å². The molecule has 0 aliphatic carbocycles. The zero-order valence-electron chi connectivity index (χ0n) is 12.4. The van der Waals surface area contributed by atoms with Gasteiger partial charge in [-0.3, -0.25) is 4.79 Å². The third kappa shape index (κ3) is 2.99. The van der Waals surface area contributed by atoms with Crippen molar-refractivity contribution < 1.29 is 9.53 Å². The summed E-state index contributed by atoms with van der Waals surface area (Å²) in [6, 6.07) is 4.30. The van der Waals surface area contributed by atoms with Gasteiger partial charge in [-0.05, 0) is 31.0 Å². The highest BCUT2D eigenvalue weighted by molar-refractivity contribution is 7.16. The summed E-state index contributed by atoms with van der Waals surface area (Å²) in [4.78, 5) is 16.6. The smallest absolute Gasteiger partial charge is 0.248 e. The van der Waals surface area contributed by atoms with Crippen molar-refractivity contribution in [3.63, 3.8) is 0 Å². The predicted molar refractivity (Wildman–Crippen MR) is 82.0 cm³/mol. The molecular weight excluding hydrogens is 272 g/mol. The molecule has 0 spiro atoms. The predicted octanol–water partition coefficient (Wildman–Crippen LogP) is 2.80. The van der Waals surface area contributed by atoms with E-state index in [1.807, 2.05) is 6.92 Å². The Bertz CT molecular complexity index is 698. The molecule has 108 valence electrons. The van der Waals surface area contributed by atoms with Crippen molar-refractivity contribution in [2.24, 2.45) is 4.99 Å². The van der Waals surface area contributed by atoms with Gasteiger partial charge in [0.15, 0.2) is 4.80 Å². The number of nitrogens with zero attached hydrogens (tertiary/aromatic N) is 2. The topological polar surface area (TPSA) is 43.6 Å². The summed E-state index contributed by atoms with van der Waals surface area (Å²) in [5.41, 5.74) is 3.58. The van der Waals surface area contributed by atoms with Crippen molar-refractivity contribution in [3.8, 4) is 0 Å². The van der Waals surface area contributed by atoms with Crippen LogP contribution in [0.15, 0.2) is 17.1 Å². The Morgan fingerprint density at radius 1 is 1.40 bits per heavy atom. The number of methoxy groups -OCH3 is 1. The van der Waals surface area contributed by atoms with Crippen LogP contribution < -0.4 is 4.80 Å². The second-order valence-corrected chi connectivity index (χ2v) is 5.83. The van der Waals surface area contributed by atoms with Gasteiger partial charge in [0.25, 0.3) is 0 Å². The molecular formula is C15H20N2O2S. The number of fused-ring (bicyclic) bond motifs is 1. The number of benzene rings is 1. The normalized spacial score (nSPS) is 12.3. The molecule has 1 heterocycles. The van der Waals surface area contributed by atoms with E-state index in [1.165, 1.54) is 15.8 Å². The van der Waals surface area contributed by atoms with E-state index in [0.29, 0.717) is 19.6 Å². The Kier molecular flexibility index (Phi) is 4.73. The lowest BCUT2D eigenvalue weighted by Crippen LogP contribution is -2.19. The minimum absolute atomic E-state index is 0.0860. The Morgan fingerprint density at radius 2 is 2.15 bits per heavy atom. The Labute approximate surface area is 122 Å². The molecule has 0 bridgehead atoms. The molecule has 0 radical (unpaired) electrons. The fourth-order valence-electron chi connectivity index (χ4n) is 2.25. The van der Waals surface area contributed by atoms with E-state index in [4.69, 9.17) is 4.74 Å². The van der Waals surface area contributed by atoms with Gasteiger partial charge in [-0.25, -0.2) is 0 Å². The molecule has 20 heavy (non-hydrogen) atoms. The first kappa shape index (κ1) is 14.9. The molecule has 0 unspecified atom stereocenters. The molecule has 1 aromatic carbocycles. The summed E-state index contributed by atoms with van der Waals surface area (Å²) in [6.07, 6.45) is 0.427. The SMILES string of the molecule is CCC(=O)N=c1sc2cc(C)cc(C)c2n1CCOC. The first-order valence-electron chi connectivity index (χ1n) is 6.74. The average Bonchev–Trinajstić information content (AvgIpc) is 2.73. The molecule has 0 N–H and O–H groups in total. The number of carbonyl (C=O) groups excluding carboxylic acids is 1. The molecule has 1 aromatic heterocycles.